The first-order chi connectivity index (χ1) is 18.1. The Morgan fingerprint density at radius 2 is 1.73 bits per heavy atom. The molecule has 1 aromatic heterocycles. The van der Waals surface area contributed by atoms with E-state index in [9.17, 15) is 4.39 Å². The largest absolute Gasteiger partial charge is 0.490 e. The van der Waals surface area contributed by atoms with Gasteiger partial charge in [-0.1, -0.05) is 59.8 Å². The predicted octanol–water partition coefficient (Wildman–Crippen LogP) is 6.92. The maximum Gasteiger partial charge on any atom is 0.247 e. The van der Waals surface area contributed by atoms with Gasteiger partial charge in [-0.25, -0.2) is 4.39 Å². The van der Waals surface area contributed by atoms with Crippen LogP contribution in [0.5, 0.6) is 17.4 Å². The van der Waals surface area contributed by atoms with E-state index in [1.807, 2.05) is 44.2 Å². The third-order valence-corrected chi connectivity index (χ3v) is 6.81. The predicted molar refractivity (Wildman–Crippen MR) is 142 cm³/mol. The molecule has 37 heavy (non-hydrogen) atoms. The lowest BCUT2D eigenvalue weighted by Gasteiger charge is -2.22. The van der Waals surface area contributed by atoms with Crippen LogP contribution >= 0.6 is 23.4 Å². The molecule has 0 saturated carbocycles. The van der Waals surface area contributed by atoms with Crippen LogP contribution in [-0.2, 0) is 5.75 Å². The SMILES string of the molecule is CCOc1cc(Cl)c([C@H]2Nc3ccccc3-c3nnc(SCc4ccccc4F)nc3O2)cc1OCC. The van der Waals surface area contributed by atoms with Crippen LogP contribution in [0.3, 0.4) is 0 Å². The monoisotopic (exact) mass is 538 g/mol. The Bertz CT molecular complexity index is 1420. The molecule has 5 rings (SSSR count). The number of benzene rings is 3. The number of hydrogen-bond acceptors (Lipinski definition) is 8. The molecule has 0 saturated heterocycles. The molecule has 0 aliphatic carbocycles. The van der Waals surface area contributed by atoms with Crippen LogP contribution in [0.2, 0.25) is 5.02 Å². The number of fused-ring (bicyclic) bond motifs is 3. The van der Waals surface area contributed by atoms with E-state index in [0.717, 1.165) is 11.3 Å². The van der Waals surface area contributed by atoms with E-state index >= 15 is 0 Å². The number of anilines is 1. The van der Waals surface area contributed by atoms with Crippen LogP contribution in [0.1, 0.15) is 31.2 Å². The number of aromatic nitrogens is 3. The number of hydrogen-bond donors (Lipinski definition) is 1. The van der Waals surface area contributed by atoms with E-state index in [4.69, 9.17) is 25.8 Å². The van der Waals surface area contributed by atoms with Gasteiger partial charge in [0.25, 0.3) is 0 Å². The van der Waals surface area contributed by atoms with Gasteiger partial charge in [0.15, 0.2) is 23.4 Å². The van der Waals surface area contributed by atoms with Crippen molar-refractivity contribution in [2.24, 2.45) is 0 Å². The van der Waals surface area contributed by atoms with Crippen molar-refractivity contribution in [3.05, 3.63) is 82.6 Å². The molecular weight excluding hydrogens is 515 g/mol. The average Bonchev–Trinajstić information content (AvgIpc) is 3.06. The zero-order valence-corrected chi connectivity index (χ0v) is 21.8. The quantitative estimate of drug-likeness (QED) is 0.242. The first-order valence-corrected chi connectivity index (χ1v) is 13.2. The summed E-state index contributed by atoms with van der Waals surface area (Å²) in [5, 5.41) is 12.9. The minimum absolute atomic E-state index is 0.276. The Morgan fingerprint density at radius 3 is 2.51 bits per heavy atom. The Hall–Kier alpha value is -3.56. The lowest BCUT2D eigenvalue weighted by Crippen LogP contribution is -2.18. The minimum Gasteiger partial charge on any atom is -0.490 e. The fraction of sp³-hybridized carbons (Fsp3) is 0.222. The van der Waals surface area contributed by atoms with Gasteiger partial charge in [-0.2, -0.15) is 4.98 Å². The van der Waals surface area contributed by atoms with Crippen LogP contribution in [0, 0.1) is 5.82 Å². The zero-order valence-electron chi connectivity index (χ0n) is 20.2. The molecular formula is C27H24ClFN4O3S. The molecule has 0 amide bonds. The minimum atomic E-state index is -0.703. The maximum atomic E-state index is 14.1. The summed E-state index contributed by atoms with van der Waals surface area (Å²) >= 11 is 7.98. The molecule has 7 nitrogen and oxygen atoms in total. The molecule has 1 aliphatic rings. The molecule has 190 valence electrons. The lowest BCUT2D eigenvalue weighted by atomic mass is 10.1. The summed E-state index contributed by atoms with van der Waals surface area (Å²) in [5.41, 5.74) is 3.28. The standard InChI is InChI=1S/C27H24ClFN4O3S/c1-3-34-22-13-18(19(28)14-23(22)35-4-2)25-30-21-12-8-6-10-17(21)24-26(36-25)31-27(33-32-24)37-15-16-9-5-7-11-20(16)29/h5-14,25,30H,3-4,15H2,1-2H3/t25-/m0/s1. The number of thioether (sulfide) groups is 1. The van der Waals surface area contributed by atoms with E-state index in [2.05, 4.69) is 20.5 Å². The fourth-order valence-electron chi connectivity index (χ4n) is 3.90. The van der Waals surface area contributed by atoms with Crippen LogP contribution in [0.15, 0.2) is 65.8 Å². The van der Waals surface area contributed by atoms with Crippen molar-refractivity contribution in [2.75, 3.05) is 18.5 Å². The van der Waals surface area contributed by atoms with Crippen molar-refractivity contribution in [1.29, 1.82) is 0 Å². The van der Waals surface area contributed by atoms with Crippen LogP contribution < -0.4 is 19.5 Å². The molecule has 0 fully saturated rings. The topological polar surface area (TPSA) is 78.4 Å². The highest BCUT2D eigenvalue weighted by Gasteiger charge is 2.28. The number of rotatable bonds is 8. The van der Waals surface area contributed by atoms with Gasteiger partial charge in [0.1, 0.15) is 5.82 Å². The van der Waals surface area contributed by atoms with Gasteiger partial charge in [-0.15, -0.1) is 10.2 Å². The van der Waals surface area contributed by atoms with Crippen LogP contribution in [0.4, 0.5) is 10.1 Å². The molecule has 0 radical (unpaired) electrons. The molecule has 0 unspecified atom stereocenters. The van der Waals surface area contributed by atoms with E-state index in [1.165, 1.54) is 17.8 Å². The summed E-state index contributed by atoms with van der Waals surface area (Å²) in [4.78, 5) is 4.63. The fourth-order valence-corrected chi connectivity index (χ4v) is 4.91. The molecule has 1 aliphatic heterocycles. The summed E-state index contributed by atoms with van der Waals surface area (Å²) in [6.45, 7) is 4.74. The highest BCUT2D eigenvalue weighted by atomic mass is 35.5. The van der Waals surface area contributed by atoms with E-state index in [-0.39, 0.29) is 11.7 Å². The summed E-state index contributed by atoms with van der Waals surface area (Å²) in [6.07, 6.45) is -0.703. The van der Waals surface area contributed by atoms with Crippen LogP contribution in [0.25, 0.3) is 11.3 Å². The molecule has 3 aromatic carbocycles. The maximum absolute atomic E-state index is 14.1. The molecule has 1 atom stereocenters. The Morgan fingerprint density at radius 1 is 1.00 bits per heavy atom. The highest BCUT2D eigenvalue weighted by Crippen LogP contribution is 2.43. The third-order valence-electron chi connectivity index (χ3n) is 5.59. The Kier molecular flexibility index (Phi) is 7.62. The number of nitrogens with zero attached hydrogens (tertiary/aromatic N) is 3. The van der Waals surface area contributed by atoms with Gasteiger partial charge < -0.3 is 19.5 Å². The number of halogens is 2. The normalized spacial score (nSPS) is 14.0. The van der Waals surface area contributed by atoms with Crippen molar-refractivity contribution in [2.45, 2.75) is 31.0 Å². The molecule has 0 spiro atoms. The first-order valence-electron chi connectivity index (χ1n) is 11.8. The van der Waals surface area contributed by atoms with Crippen molar-refractivity contribution >= 4 is 29.1 Å². The summed E-state index contributed by atoms with van der Waals surface area (Å²) in [6, 6.07) is 17.8. The number of para-hydroxylation sites is 1. The Labute approximate surface area is 223 Å². The van der Waals surface area contributed by atoms with Crippen molar-refractivity contribution in [3.8, 4) is 28.6 Å². The summed E-state index contributed by atoms with van der Waals surface area (Å²) in [5.74, 6) is 1.49. The van der Waals surface area contributed by atoms with Gasteiger partial charge in [-0.3, -0.25) is 0 Å². The second-order valence-electron chi connectivity index (χ2n) is 8.00. The average molecular weight is 539 g/mol. The van der Waals surface area contributed by atoms with E-state index in [1.54, 1.807) is 24.3 Å². The second kappa shape index (κ2) is 11.2. The van der Waals surface area contributed by atoms with Gasteiger partial charge >= 0.3 is 0 Å². The molecule has 0 bridgehead atoms. The van der Waals surface area contributed by atoms with Gasteiger partial charge in [-0.05, 0) is 37.6 Å². The number of ether oxygens (including phenoxy) is 3. The van der Waals surface area contributed by atoms with E-state index in [0.29, 0.717) is 57.5 Å². The third kappa shape index (κ3) is 5.42. The number of nitrogens with one attached hydrogen (secondary N) is 1. The molecule has 4 aromatic rings. The van der Waals surface area contributed by atoms with Crippen LogP contribution in [-0.4, -0.2) is 28.4 Å². The van der Waals surface area contributed by atoms with Crippen molar-refractivity contribution in [3.63, 3.8) is 0 Å². The molecule has 10 heteroatoms. The smallest absolute Gasteiger partial charge is 0.247 e. The van der Waals surface area contributed by atoms with Gasteiger partial charge in [0.05, 0.1) is 18.2 Å². The van der Waals surface area contributed by atoms with Gasteiger partial charge in [0.2, 0.25) is 11.0 Å². The lowest BCUT2D eigenvalue weighted by molar-refractivity contribution is 0.223. The van der Waals surface area contributed by atoms with Crippen molar-refractivity contribution in [1.82, 2.24) is 15.2 Å². The highest BCUT2D eigenvalue weighted by molar-refractivity contribution is 7.98. The van der Waals surface area contributed by atoms with E-state index < -0.39 is 6.23 Å². The second-order valence-corrected chi connectivity index (χ2v) is 9.35. The molecule has 1 N–H and O–H groups in total. The first kappa shape index (κ1) is 25.1. The summed E-state index contributed by atoms with van der Waals surface area (Å²) in [7, 11) is 0. The zero-order chi connectivity index (χ0) is 25.8. The van der Waals surface area contributed by atoms with Gasteiger partial charge in [0, 0.05) is 28.6 Å². The Balaban J connectivity index is 1.52. The summed E-state index contributed by atoms with van der Waals surface area (Å²) < 4.78 is 32.0. The van der Waals surface area contributed by atoms with Crippen molar-refractivity contribution < 1.29 is 18.6 Å². The molecule has 2 heterocycles.